The van der Waals surface area contributed by atoms with Gasteiger partial charge in [-0.3, -0.25) is 0 Å². The minimum absolute atomic E-state index is 0.383. The average Bonchev–Trinajstić information content (AvgIpc) is 2.84. The standard InChI is InChI=1S/C17H26O7/c1-2-3-9-13(23-11-7-5-4-6-8-11)17(22)16(21)14(20)15(24-17)12(19)10-18/h4-8,12-16,18-22H,2-3,9-10H2,1H3/t12-,13?,14-,15+,16-,17-/m1/s1. The predicted molar refractivity (Wildman–Crippen MR) is 85.3 cm³/mol. The zero-order valence-corrected chi connectivity index (χ0v) is 13.7. The van der Waals surface area contributed by atoms with Crippen molar-refractivity contribution in [3.8, 4) is 5.75 Å². The van der Waals surface area contributed by atoms with Crippen molar-refractivity contribution in [3.63, 3.8) is 0 Å². The number of para-hydroxylation sites is 1. The van der Waals surface area contributed by atoms with Crippen molar-refractivity contribution < 1.29 is 35.0 Å². The third-order valence-electron chi connectivity index (χ3n) is 4.28. The van der Waals surface area contributed by atoms with Crippen LogP contribution in [0.4, 0.5) is 0 Å². The largest absolute Gasteiger partial charge is 0.485 e. The van der Waals surface area contributed by atoms with Crippen molar-refractivity contribution in [1.82, 2.24) is 0 Å². The maximum Gasteiger partial charge on any atom is 0.233 e. The Morgan fingerprint density at radius 1 is 1.25 bits per heavy atom. The molecule has 136 valence electrons. The highest BCUT2D eigenvalue weighted by Crippen LogP contribution is 2.37. The van der Waals surface area contributed by atoms with Crippen molar-refractivity contribution in [3.05, 3.63) is 30.3 Å². The molecule has 0 aromatic heterocycles. The minimum atomic E-state index is -2.19. The summed E-state index contributed by atoms with van der Waals surface area (Å²) in [6.45, 7) is 1.31. The van der Waals surface area contributed by atoms with E-state index in [1.165, 1.54) is 0 Å². The third kappa shape index (κ3) is 3.88. The highest BCUT2D eigenvalue weighted by atomic mass is 16.7. The van der Waals surface area contributed by atoms with Gasteiger partial charge in [0.2, 0.25) is 5.79 Å². The number of benzene rings is 1. The first-order valence-corrected chi connectivity index (χ1v) is 8.21. The number of ether oxygens (including phenoxy) is 2. The van der Waals surface area contributed by atoms with E-state index in [4.69, 9.17) is 14.6 Å². The molecule has 5 N–H and O–H groups in total. The van der Waals surface area contributed by atoms with Crippen molar-refractivity contribution in [2.75, 3.05) is 6.61 Å². The van der Waals surface area contributed by atoms with Crippen LogP contribution in [-0.4, -0.2) is 68.4 Å². The fourth-order valence-corrected chi connectivity index (χ4v) is 2.86. The lowest BCUT2D eigenvalue weighted by atomic mass is 9.95. The van der Waals surface area contributed by atoms with Gasteiger partial charge in [-0.25, -0.2) is 0 Å². The van der Waals surface area contributed by atoms with Gasteiger partial charge in [0.1, 0.15) is 30.2 Å². The molecule has 24 heavy (non-hydrogen) atoms. The number of aliphatic hydroxyl groups is 5. The van der Waals surface area contributed by atoms with Gasteiger partial charge >= 0.3 is 0 Å². The molecule has 0 radical (unpaired) electrons. The summed E-state index contributed by atoms with van der Waals surface area (Å²) >= 11 is 0. The van der Waals surface area contributed by atoms with Crippen LogP contribution in [0.15, 0.2) is 30.3 Å². The summed E-state index contributed by atoms with van der Waals surface area (Å²) in [6, 6.07) is 8.78. The number of hydrogen-bond donors (Lipinski definition) is 5. The molecular formula is C17H26O7. The predicted octanol–water partition coefficient (Wildman–Crippen LogP) is -0.213. The second-order valence-electron chi connectivity index (χ2n) is 6.08. The Morgan fingerprint density at radius 3 is 2.50 bits per heavy atom. The Kier molecular flexibility index (Phi) is 6.56. The lowest BCUT2D eigenvalue weighted by molar-refractivity contribution is -0.278. The van der Waals surface area contributed by atoms with E-state index in [-0.39, 0.29) is 0 Å². The molecule has 7 nitrogen and oxygen atoms in total. The third-order valence-corrected chi connectivity index (χ3v) is 4.28. The molecule has 1 heterocycles. The molecule has 1 aromatic carbocycles. The zero-order valence-electron chi connectivity index (χ0n) is 13.7. The first-order valence-electron chi connectivity index (χ1n) is 8.21. The fraction of sp³-hybridized carbons (Fsp3) is 0.647. The van der Waals surface area contributed by atoms with Crippen LogP contribution >= 0.6 is 0 Å². The van der Waals surface area contributed by atoms with Crippen LogP contribution in [0.25, 0.3) is 0 Å². The van der Waals surface area contributed by atoms with Crippen LogP contribution in [0, 0.1) is 0 Å². The smallest absolute Gasteiger partial charge is 0.233 e. The topological polar surface area (TPSA) is 120 Å². The lowest BCUT2D eigenvalue weighted by Crippen LogP contribution is -2.54. The summed E-state index contributed by atoms with van der Waals surface area (Å²) in [5, 5.41) is 50.0. The van der Waals surface area contributed by atoms with Crippen LogP contribution in [0.2, 0.25) is 0 Å². The van der Waals surface area contributed by atoms with Crippen LogP contribution in [-0.2, 0) is 4.74 Å². The van der Waals surface area contributed by atoms with E-state index in [2.05, 4.69) is 0 Å². The number of rotatable bonds is 8. The Hall–Kier alpha value is -1.22. The quantitative estimate of drug-likeness (QED) is 0.443. The van der Waals surface area contributed by atoms with Gasteiger partial charge in [0.05, 0.1) is 6.61 Å². The highest BCUT2D eigenvalue weighted by Gasteiger charge is 2.59. The molecule has 0 spiro atoms. The second kappa shape index (κ2) is 8.24. The summed E-state index contributed by atoms with van der Waals surface area (Å²) < 4.78 is 11.2. The normalized spacial score (nSPS) is 32.5. The van der Waals surface area contributed by atoms with Gasteiger partial charge < -0.3 is 35.0 Å². The molecule has 6 atom stereocenters. The van der Waals surface area contributed by atoms with Gasteiger partial charge in [-0.15, -0.1) is 0 Å². The van der Waals surface area contributed by atoms with E-state index in [0.717, 1.165) is 6.42 Å². The molecule has 1 aliphatic heterocycles. The van der Waals surface area contributed by atoms with Gasteiger partial charge in [-0.05, 0) is 25.0 Å². The maximum absolute atomic E-state index is 10.8. The summed E-state index contributed by atoms with van der Waals surface area (Å²) in [5.74, 6) is -1.70. The minimum Gasteiger partial charge on any atom is -0.485 e. The van der Waals surface area contributed by atoms with E-state index in [9.17, 15) is 20.4 Å². The zero-order chi connectivity index (χ0) is 17.7. The van der Waals surface area contributed by atoms with Gasteiger partial charge in [-0.1, -0.05) is 31.5 Å². The molecule has 0 amide bonds. The Bertz CT molecular complexity index is 497. The van der Waals surface area contributed by atoms with E-state index >= 15 is 0 Å². The Labute approximate surface area is 141 Å². The second-order valence-corrected chi connectivity index (χ2v) is 6.08. The van der Waals surface area contributed by atoms with E-state index in [1.54, 1.807) is 24.3 Å². The molecular weight excluding hydrogens is 316 g/mol. The van der Waals surface area contributed by atoms with Crippen molar-refractivity contribution in [1.29, 1.82) is 0 Å². The summed E-state index contributed by atoms with van der Waals surface area (Å²) in [6.07, 6.45) is -4.96. The van der Waals surface area contributed by atoms with Crippen LogP contribution in [0.3, 0.4) is 0 Å². The summed E-state index contributed by atoms with van der Waals surface area (Å²) in [7, 11) is 0. The molecule has 0 bridgehead atoms. The van der Waals surface area contributed by atoms with Gasteiger partial charge in [0.15, 0.2) is 6.10 Å². The van der Waals surface area contributed by atoms with Crippen molar-refractivity contribution in [2.24, 2.45) is 0 Å². The summed E-state index contributed by atoms with van der Waals surface area (Å²) in [5.41, 5.74) is 0. The van der Waals surface area contributed by atoms with E-state index in [1.807, 2.05) is 13.0 Å². The van der Waals surface area contributed by atoms with Crippen molar-refractivity contribution >= 4 is 0 Å². The van der Waals surface area contributed by atoms with Crippen molar-refractivity contribution in [2.45, 2.75) is 62.5 Å². The molecule has 1 aromatic rings. The van der Waals surface area contributed by atoms with Gasteiger partial charge in [0.25, 0.3) is 0 Å². The molecule has 1 fully saturated rings. The number of hydrogen-bond acceptors (Lipinski definition) is 7. The molecule has 0 aliphatic carbocycles. The summed E-state index contributed by atoms with van der Waals surface area (Å²) in [4.78, 5) is 0. The first-order chi connectivity index (χ1) is 11.4. The highest BCUT2D eigenvalue weighted by molar-refractivity contribution is 5.22. The molecule has 0 saturated carbocycles. The molecule has 1 aliphatic rings. The van der Waals surface area contributed by atoms with Crippen LogP contribution in [0.1, 0.15) is 26.2 Å². The SMILES string of the molecule is CCCCC(Oc1ccccc1)[C@@]1(O)O[C@@H]([C@H](O)CO)[C@@H](O)[C@H]1O. The lowest BCUT2D eigenvalue weighted by Gasteiger charge is -2.35. The van der Waals surface area contributed by atoms with E-state index in [0.29, 0.717) is 18.6 Å². The molecule has 2 rings (SSSR count). The maximum atomic E-state index is 10.8. The molecule has 1 saturated heterocycles. The van der Waals surface area contributed by atoms with Gasteiger partial charge in [0, 0.05) is 0 Å². The number of unbranched alkanes of at least 4 members (excludes halogenated alkanes) is 1. The number of aliphatic hydroxyl groups excluding tert-OH is 4. The molecule has 1 unspecified atom stereocenters. The Balaban J connectivity index is 2.23. The van der Waals surface area contributed by atoms with Crippen LogP contribution < -0.4 is 4.74 Å². The first kappa shape index (κ1) is 19.1. The molecule has 7 heteroatoms. The van der Waals surface area contributed by atoms with E-state index < -0.39 is 42.9 Å². The fourth-order valence-electron chi connectivity index (χ4n) is 2.86. The monoisotopic (exact) mass is 342 g/mol. The Morgan fingerprint density at radius 2 is 1.92 bits per heavy atom. The van der Waals surface area contributed by atoms with Gasteiger partial charge in [-0.2, -0.15) is 0 Å². The van der Waals surface area contributed by atoms with Crippen LogP contribution in [0.5, 0.6) is 5.75 Å². The average molecular weight is 342 g/mol.